The van der Waals surface area contributed by atoms with Gasteiger partial charge in [-0.2, -0.15) is 0 Å². The summed E-state index contributed by atoms with van der Waals surface area (Å²) in [6.07, 6.45) is 6.08. The standard InChI is InChI=1S/C27H28N2O5S/c30-23-15-24(28-8-11-32-12-9-28)34-25-21(17-35-26(23)25)19-6-7-20-16-33-13-10-29(22(20)14-19)27(31)18-4-2-1-3-5-18/h4,6-7,14-15,17H,1-3,5,8-13,16H2. The molecule has 1 aromatic carbocycles. The molecule has 0 bridgehead atoms. The summed E-state index contributed by atoms with van der Waals surface area (Å²) in [5.41, 5.74) is 5.13. The van der Waals surface area contributed by atoms with Crippen LogP contribution in [0.2, 0.25) is 0 Å². The van der Waals surface area contributed by atoms with Gasteiger partial charge in [0.1, 0.15) is 4.70 Å². The van der Waals surface area contributed by atoms with E-state index >= 15 is 0 Å². The van der Waals surface area contributed by atoms with Crippen LogP contribution >= 0.6 is 11.3 Å². The highest BCUT2D eigenvalue weighted by atomic mass is 32.1. The van der Waals surface area contributed by atoms with Crippen LogP contribution in [0.1, 0.15) is 31.2 Å². The first-order chi connectivity index (χ1) is 17.2. The van der Waals surface area contributed by atoms with Crippen LogP contribution in [0.15, 0.2) is 50.5 Å². The van der Waals surface area contributed by atoms with E-state index in [1.807, 2.05) is 28.5 Å². The number of rotatable bonds is 3. The molecule has 1 saturated heterocycles. The average Bonchev–Trinajstić information content (AvgIpc) is 3.23. The largest absolute Gasteiger partial charge is 0.439 e. The van der Waals surface area contributed by atoms with Gasteiger partial charge in [0.05, 0.1) is 32.1 Å². The normalized spacial score (nSPS) is 18.8. The molecule has 6 rings (SSSR count). The summed E-state index contributed by atoms with van der Waals surface area (Å²) in [7, 11) is 0. The number of fused-ring (bicyclic) bond motifs is 2. The number of nitrogens with zero attached hydrogens (tertiary/aromatic N) is 2. The Hall–Kier alpha value is -2.94. The Morgan fingerprint density at radius 3 is 2.69 bits per heavy atom. The van der Waals surface area contributed by atoms with Gasteiger partial charge in [-0.3, -0.25) is 9.59 Å². The van der Waals surface area contributed by atoms with Crippen molar-refractivity contribution in [3.63, 3.8) is 0 Å². The maximum atomic E-state index is 13.5. The molecule has 0 radical (unpaired) electrons. The van der Waals surface area contributed by atoms with Crippen LogP contribution in [-0.4, -0.2) is 45.4 Å². The fourth-order valence-corrected chi connectivity index (χ4v) is 5.96. The molecule has 182 valence electrons. The number of hydrogen-bond acceptors (Lipinski definition) is 7. The molecular weight excluding hydrogens is 464 g/mol. The number of allylic oxidation sites excluding steroid dienone is 1. The molecule has 2 aromatic heterocycles. The van der Waals surface area contributed by atoms with E-state index in [1.165, 1.54) is 11.3 Å². The zero-order valence-corrected chi connectivity index (χ0v) is 20.4. The van der Waals surface area contributed by atoms with Crippen LogP contribution in [0.5, 0.6) is 0 Å². The van der Waals surface area contributed by atoms with Gasteiger partial charge < -0.3 is 23.7 Å². The summed E-state index contributed by atoms with van der Waals surface area (Å²) >= 11 is 1.40. The molecule has 4 heterocycles. The Kier molecular flexibility index (Phi) is 6.18. The third kappa shape index (κ3) is 4.30. The second kappa shape index (κ2) is 9.60. The van der Waals surface area contributed by atoms with Gasteiger partial charge in [0, 0.05) is 47.8 Å². The van der Waals surface area contributed by atoms with Gasteiger partial charge >= 0.3 is 0 Å². The smallest absolute Gasteiger partial charge is 0.253 e. The summed E-state index contributed by atoms with van der Waals surface area (Å²) < 4.78 is 18.2. The monoisotopic (exact) mass is 492 g/mol. The maximum Gasteiger partial charge on any atom is 0.253 e. The molecule has 0 unspecified atom stereocenters. The Morgan fingerprint density at radius 1 is 1.00 bits per heavy atom. The lowest BCUT2D eigenvalue weighted by molar-refractivity contribution is -0.115. The Bertz CT molecular complexity index is 1350. The van der Waals surface area contributed by atoms with Gasteiger partial charge in [0.15, 0.2) is 11.5 Å². The average molecular weight is 493 g/mol. The second-order valence-corrected chi connectivity index (χ2v) is 10.1. The van der Waals surface area contributed by atoms with E-state index in [9.17, 15) is 9.59 Å². The van der Waals surface area contributed by atoms with E-state index in [0.29, 0.717) is 62.2 Å². The number of ether oxygens (including phenoxy) is 2. The van der Waals surface area contributed by atoms with Crippen molar-refractivity contribution in [2.45, 2.75) is 32.3 Å². The van der Waals surface area contributed by atoms with Crippen molar-refractivity contribution in [1.29, 1.82) is 0 Å². The third-order valence-electron chi connectivity index (χ3n) is 6.97. The minimum Gasteiger partial charge on any atom is -0.439 e. The number of carbonyl (C=O) groups is 1. The molecule has 2 aliphatic heterocycles. The molecule has 8 heteroatoms. The number of morpholine rings is 1. The van der Waals surface area contributed by atoms with Crippen molar-refractivity contribution in [2.24, 2.45) is 0 Å². The summed E-state index contributed by atoms with van der Waals surface area (Å²) in [4.78, 5) is 30.3. The SMILES string of the molecule is O=C(C1=CCCCC1)N1CCOCc2ccc(-c3csc4c(=O)cc(N5CCOCC5)oc34)cc21. The van der Waals surface area contributed by atoms with Crippen LogP contribution in [0, 0.1) is 0 Å². The number of anilines is 2. The Labute approximate surface area is 207 Å². The molecule has 0 atom stereocenters. The van der Waals surface area contributed by atoms with Crippen molar-refractivity contribution >= 4 is 39.1 Å². The van der Waals surface area contributed by atoms with Crippen LogP contribution in [0.25, 0.3) is 21.4 Å². The Morgan fingerprint density at radius 2 is 1.86 bits per heavy atom. The van der Waals surface area contributed by atoms with E-state index in [4.69, 9.17) is 13.9 Å². The van der Waals surface area contributed by atoms with Gasteiger partial charge in [-0.1, -0.05) is 18.2 Å². The minimum atomic E-state index is -0.0341. The summed E-state index contributed by atoms with van der Waals surface area (Å²) in [6, 6.07) is 7.69. The van der Waals surface area contributed by atoms with E-state index in [-0.39, 0.29) is 11.3 Å². The predicted molar refractivity (Wildman–Crippen MR) is 137 cm³/mol. The van der Waals surface area contributed by atoms with Crippen LogP contribution in [0.4, 0.5) is 11.6 Å². The molecule has 1 aliphatic carbocycles. The van der Waals surface area contributed by atoms with Crippen LogP contribution in [0.3, 0.4) is 0 Å². The van der Waals surface area contributed by atoms with Gasteiger partial charge in [-0.15, -0.1) is 11.3 Å². The van der Waals surface area contributed by atoms with E-state index < -0.39 is 0 Å². The molecule has 0 saturated carbocycles. The van der Waals surface area contributed by atoms with Gasteiger partial charge in [-0.25, -0.2) is 0 Å². The first-order valence-electron chi connectivity index (χ1n) is 12.3. The van der Waals surface area contributed by atoms with Gasteiger partial charge in [0.2, 0.25) is 5.43 Å². The third-order valence-corrected chi connectivity index (χ3v) is 7.94. The van der Waals surface area contributed by atoms with Crippen molar-refractivity contribution in [1.82, 2.24) is 0 Å². The summed E-state index contributed by atoms with van der Waals surface area (Å²) in [6.45, 7) is 4.12. The predicted octanol–water partition coefficient (Wildman–Crippen LogP) is 4.72. The molecule has 0 N–H and O–H groups in total. The second-order valence-electron chi connectivity index (χ2n) is 9.18. The fourth-order valence-electron chi connectivity index (χ4n) is 5.05. The molecule has 35 heavy (non-hydrogen) atoms. The number of hydrogen-bond donors (Lipinski definition) is 0. The van der Waals surface area contributed by atoms with Gasteiger partial charge in [0.25, 0.3) is 5.91 Å². The minimum absolute atomic E-state index is 0.0341. The van der Waals surface area contributed by atoms with E-state index in [1.54, 1.807) is 6.07 Å². The Balaban J connectivity index is 1.42. The van der Waals surface area contributed by atoms with Crippen LogP contribution < -0.4 is 15.2 Å². The number of carbonyl (C=O) groups excluding carboxylic acids is 1. The van der Waals surface area contributed by atoms with Crippen molar-refractivity contribution < 1.29 is 18.7 Å². The topological polar surface area (TPSA) is 72.2 Å². The number of benzene rings is 1. The summed E-state index contributed by atoms with van der Waals surface area (Å²) in [5, 5.41) is 1.98. The van der Waals surface area contributed by atoms with E-state index in [0.717, 1.165) is 53.6 Å². The molecule has 1 amide bonds. The molecule has 7 nitrogen and oxygen atoms in total. The fraction of sp³-hybridized carbons (Fsp3) is 0.407. The lowest BCUT2D eigenvalue weighted by atomic mass is 9.97. The highest BCUT2D eigenvalue weighted by Crippen LogP contribution is 2.38. The molecule has 3 aromatic rings. The highest BCUT2D eigenvalue weighted by molar-refractivity contribution is 7.17. The van der Waals surface area contributed by atoms with Gasteiger partial charge in [-0.05, 0) is 37.3 Å². The molecule has 3 aliphatic rings. The first-order valence-corrected chi connectivity index (χ1v) is 13.2. The molecule has 0 spiro atoms. The molecular formula is C27H28N2O5S. The quantitative estimate of drug-likeness (QED) is 0.527. The molecule has 1 fully saturated rings. The lowest BCUT2D eigenvalue weighted by Crippen LogP contribution is -2.36. The number of amides is 1. The van der Waals surface area contributed by atoms with Crippen LogP contribution in [-0.2, 0) is 20.9 Å². The van der Waals surface area contributed by atoms with Crippen molar-refractivity contribution in [2.75, 3.05) is 49.3 Å². The first kappa shape index (κ1) is 22.5. The zero-order valence-electron chi connectivity index (χ0n) is 19.6. The summed E-state index contributed by atoms with van der Waals surface area (Å²) in [5.74, 6) is 0.652. The lowest BCUT2D eigenvalue weighted by Gasteiger charge is -2.27. The van der Waals surface area contributed by atoms with E-state index in [2.05, 4.69) is 11.0 Å². The maximum absolute atomic E-state index is 13.5. The number of thiophene rings is 1. The highest BCUT2D eigenvalue weighted by Gasteiger charge is 2.26. The zero-order chi connectivity index (χ0) is 23.8. The van der Waals surface area contributed by atoms with Crippen molar-refractivity contribution in [3.05, 3.63) is 57.1 Å². The van der Waals surface area contributed by atoms with Crippen molar-refractivity contribution in [3.8, 4) is 11.1 Å².